The molecule has 0 radical (unpaired) electrons. The number of ether oxygens (including phenoxy) is 2. The number of hydrogen-bond acceptors (Lipinski definition) is 4. The lowest BCUT2D eigenvalue weighted by Gasteiger charge is -2.35. The van der Waals surface area contributed by atoms with Gasteiger partial charge in [-0.15, -0.1) is 0 Å². The van der Waals surface area contributed by atoms with Gasteiger partial charge in [-0.1, -0.05) is 12.2 Å². The lowest BCUT2D eigenvalue weighted by atomic mass is 9.93. The first-order valence-electron chi connectivity index (χ1n) is 5.64. The molecule has 5 nitrogen and oxygen atoms in total. The Kier molecular flexibility index (Phi) is 3.25. The Morgan fingerprint density at radius 2 is 2.06 bits per heavy atom. The van der Waals surface area contributed by atoms with Gasteiger partial charge in [0.1, 0.15) is 13.2 Å². The third-order valence-corrected chi connectivity index (χ3v) is 3.25. The van der Waals surface area contributed by atoms with Crippen LogP contribution in [0.3, 0.4) is 0 Å². The zero-order valence-corrected chi connectivity index (χ0v) is 9.43. The molecular formula is C11H17NO4. The molecule has 0 saturated carbocycles. The molecule has 1 fully saturated rings. The Hall–Kier alpha value is -0.940. The van der Waals surface area contributed by atoms with Gasteiger partial charge in [-0.05, 0) is 19.3 Å². The van der Waals surface area contributed by atoms with E-state index in [1.54, 1.807) is 6.92 Å². The van der Waals surface area contributed by atoms with E-state index < -0.39 is 5.54 Å². The molecule has 2 rings (SSSR count). The summed E-state index contributed by atoms with van der Waals surface area (Å²) >= 11 is 0. The van der Waals surface area contributed by atoms with Crippen molar-refractivity contribution in [3.8, 4) is 0 Å². The third-order valence-electron chi connectivity index (χ3n) is 3.25. The fourth-order valence-electron chi connectivity index (χ4n) is 2.05. The predicted octanol–water partition coefficient (Wildman–Crippen LogP) is 1.75. The molecule has 1 aliphatic heterocycles. The number of nitrogens with zero attached hydrogens (tertiary/aromatic N) is 1. The van der Waals surface area contributed by atoms with Gasteiger partial charge in [-0.3, -0.25) is 10.1 Å². The Morgan fingerprint density at radius 3 is 2.56 bits per heavy atom. The van der Waals surface area contributed by atoms with Crippen molar-refractivity contribution in [1.82, 2.24) is 0 Å². The molecule has 16 heavy (non-hydrogen) atoms. The van der Waals surface area contributed by atoms with Crippen molar-refractivity contribution in [1.29, 1.82) is 0 Å². The predicted molar refractivity (Wildman–Crippen MR) is 57.6 cm³/mol. The average Bonchev–Trinajstić information content (AvgIpc) is 2.31. The molecule has 0 bridgehead atoms. The summed E-state index contributed by atoms with van der Waals surface area (Å²) in [5.41, 5.74) is -1.08. The highest BCUT2D eigenvalue weighted by Gasteiger charge is 2.44. The van der Waals surface area contributed by atoms with Gasteiger partial charge in [0.25, 0.3) is 5.54 Å². The summed E-state index contributed by atoms with van der Waals surface area (Å²) in [7, 11) is 0. The first-order valence-corrected chi connectivity index (χ1v) is 5.64. The van der Waals surface area contributed by atoms with Crippen LogP contribution in [0.4, 0.5) is 0 Å². The van der Waals surface area contributed by atoms with Crippen LogP contribution in [-0.2, 0) is 9.47 Å². The molecule has 1 aliphatic carbocycles. The molecule has 0 amide bonds. The number of rotatable bonds is 2. The number of allylic oxidation sites excluding steroid dienone is 2. The molecule has 0 N–H and O–H groups in total. The Bertz CT molecular complexity index is 294. The molecule has 1 heterocycles. The van der Waals surface area contributed by atoms with Gasteiger partial charge >= 0.3 is 0 Å². The van der Waals surface area contributed by atoms with Gasteiger partial charge in [-0.2, -0.15) is 0 Å². The van der Waals surface area contributed by atoms with Crippen LogP contribution in [0.2, 0.25) is 0 Å². The standard InChI is InChI=1S/C11H17NO4/c1-11(12(13)14)7-15-10(16-8-11)9-5-3-2-4-6-9/h2-3,9-10H,4-8H2,1H3. The molecule has 0 aromatic rings. The summed E-state index contributed by atoms with van der Waals surface area (Å²) in [5, 5.41) is 10.8. The van der Waals surface area contributed by atoms with Crippen LogP contribution in [0.1, 0.15) is 26.2 Å². The molecule has 1 atom stereocenters. The van der Waals surface area contributed by atoms with Crippen LogP contribution < -0.4 is 0 Å². The summed E-state index contributed by atoms with van der Waals surface area (Å²) in [6.07, 6.45) is 7.04. The second-order valence-corrected chi connectivity index (χ2v) is 4.79. The summed E-state index contributed by atoms with van der Waals surface area (Å²) < 4.78 is 11.0. The maximum atomic E-state index is 10.8. The van der Waals surface area contributed by atoms with Crippen LogP contribution in [0.5, 0.6) is 0 Å². The second-order valence-electron chi connectivity index (χ2n) is 4.79. The average molecular weight is 227 g/mol. The van der Waals surface area contributed by atoms with E-state index in [9.17, 15) is 10.1 Å². The van der Waals surface area contributed by atoms with Gasteiger partial charge in [0.05, 0.1) is 0 Å². The van der Waals surface area contributed by atoms with E-state index in [2.05, 4.69) is 12.2 Å². The molecule has 1 unspecified atom stereocenters. The highest BCUT2D eigenvalue weighted by molar-refractivity contribution is 4.92. The monoisotopic (exact) mass is 227 g/mol. The van der Waals surface area contributed by atoms with Crippen molar-refractivity contribution in [3.63, 3.8) is 0 Å². The molecule has 5 heteroatoms. The largest absolute Gasteiger partial charge is 0.345 e. The second kappa shape index (κ2) is 4.51. The van der Waals surface area contributed by atoms with Gasteiger partial charge in [0.2, 0.25) is 0 Å². The first kappa shape index (κ1) is 11.5. The quantitative estimate of drug-likeness (QED) is 0.409. The Morgan fingerprint density at radius 1 is 1.38 bits per heavy atom. The summed E-state index contributed by atoms with van der Waals surface area (Å²) in [4.78, 5) is 10.5. The van der Waals surface area contributed by atoms with E-state index in [1.807, 2.05) is 0 Å². The third kappa shape index (κ3) is 2.25. The SMILES string of the molecule is CC1([N+](=O)[O-])COC(C2CC=CCC2)OC1. The van der Waals surface area contributed by atoms with E-state index >= 15 is 0 Å². The number of nitro groups is 1. The summed E-state index contributed by atoms with van der Waals surface area (Å²) in [5.74, 6) is 0.348. The van der Waals surface area contributed by atoms with Crippen molar-refractivity contribution < 1.29 is 14.4 Å². The van der Waals surface area contributed by atoms with Crippen LogP contribution in [0, 0.1) is 16.0 Å². The van der Waals surface area contributed by atoms with E-state index in [0.29, 0.717) is 5.92 Å². The van der Waals surface area contributed by atoms with E-state index in [0.717, 1.165) is 19.3 Å². The normalized spacial score (nSPS) is 39.6. The lowest BCUT2D eigenvalue weighted by molar-refractivity contribution is -0.587. The molecule has 90 valence electrons. The van der Waals surface area contributed by atoms with Crippen molar-refractivity contribution in [3.05, 3.63) is 22.3 Å². The molecule has 0 aromatic carbocycles. The van der Waals surface area contributed by atoms with Gasteiger partial charge in [0, 0.05) is 17.8 Å². The maximum absolute atomic E-state index is 10.8. The topological polar surface area (TPSA) is 61.6 Å². The zero-order valence-electron chi connectivity index (χ0n) is 9.43. The van der Waals surface area contributed by atoms with Gasteiger partial charge in [-0.25, -0.2) is 0 Å². The Balaban J connectivity index is 1.89. The molecule has 1 saturated heterocycles. The number of hydrogen-bond donors (Lipinski definition) is 0. The fraction of sp³-hybridized carbons (Fsp3) is 0.818. The van der Waals surface area contributed by atoms with Gasteiger partial charge < -0.3 is 9.47 Å². The van der Waals surface area contributed by atoms with Gasteiger partial charge in [0.15, 0.2) is 6.29 Å². The highest BCUT2D eigenvalue weighted by atomic mass is 16.7. The Labute approximate surface area is 94.6 Å². The minimum atomic E-state index is -1.08. The van der Waals surface area contributed by atoms with Crippen LogP contribution in [0.25, 0.3) is 0 Å². The smallest absolute Gasteiger partial charge is 0.265 e. The summed E-state index contributed by atoms with van der Waals surface area (Å²) in [6.45, 7) is 1.85. The minimum absolute atomic E-state index is 0.144. The van der Waals surface area contributed by atoms with E-state index in [-0.39, 0.29) is 24.4 Å². The van der Waals surface area contributed by atoms with Crippen LogP contribution in [-0.4, -0.2) is 30.0 Å². The lowest BCUT2D eigenvalue weighted by Crippen LogP contribution is -2.52. The zero-order chi connectivity index (χ0) is 11.6. The first-order chi connectivity index (χ1) is 7.62. The van der Waals surface area contributed by atoms with E-state index in [4.69, 9.17) is 9.47 Å². The highest BCUT2D eigenvalue weighted by Crippen LogP contribution is 2.29. The van der Waals surface area contributed by atoms with E-state index in [1.165, 1.54) is 0 Å². The van der Waals surface area contributed by atoms with Crippen LogP contribution >= 0.6 is 0 Å². The molecule has 0 aromatic heterocycles. The minimum Gasteiger partial charge on any atom is -0.345 e. The molecular weight excluding hydrogens is 210 g/mol. The summed E-state index contributed by atoms with van der Waals surface area (Å²) in [6, 6.07) is 0. The fourth-order valence-corrected chi connectivity index (χ4v) is 2.05. The van der Waals surface area contributed by atoms with Crippen LogP contribution in [0.15, 0.2) is 12.2 Å². The van der Waals surface area contributed by atoms with Crippen molar-refractivity contribution in [2.24, 2.45) is 5.92 Å². The van der Waals surface area contributed by atoms with Crippen molar-refractivity contribution >= 4 is 0 Å². The molecule has 0 spiro atoms. The van der Waals surface area contributed by atoms with Crippen molar-refractivity contribution in [2.75, 3.05) is 13.2 Å². The molecule has 2 aliphatic rings. The van der Waals surface area contributed by atoms with Crippen molar-refractivity contribution in [2.45, 2.75) is 38.0 Å². The maximum Gasteiger partial charge on any atom is 0.265 e.